The second-order valence-corrected chi connectivity index (χ2v) is 6.63. The molecule has 1 aliphatic heterocycles. The molecule has 1 aliphatic rings. The number of ether oxygens (including phenoxy) is 1. The molecule has 0 unspecified atom stereocenters. The van der Waals surface area contributed by atoms with Crippen molar-refractivity contribution in [2.24, 2.45) is 0 Å². The van der Waals surface area contributed by atoms with Gasteiger partial charge in [0.1, 0.15) is 6.10 Å². The summed E-state index contributed by atoms with van der Waals surface area (Å²) in [5, 5.41) is 11.9. The van der Waals surface area contributed by atoms with E-state index < -0.39 is 5.54 Å². The molecule has 0 bridgehead atoms. The average molecular weight is 296 g/mol. The summed E-state index contributed by atoms with van der Waals surface area (Å²) >= 11 is 1.88. The number of aromatic nitrogens is 1. The molecule has 1 saturated heterocycles. The minimum atomic E-state index is -0.646. The first-order valence-electron chi connectivity index (χ1n) is 6.64. The highest BCUT2D eigenvalue weighted by molar-refractivity contribution is 7.99. The Morgan fingerprint density at radius 3 is 2.95 bits per heavy atom. The Morgan fingerprint density at radius 1 is 1.60 bits per heavy atom. The van der Waals surface area contributed by atoms with E-state index in [1.807, 2.05) is 11.8 Å². The van der Waals surface area contributed by atoms with Gasteiger partial charge in [-0.3, -0.25) is 4.79 Å². The van der Waals surface area contributed by atoms with Crippen LogP contribution in [-0.4, -0.2) is 45.8 Å². The summed E-state index contributed by atoms with van der Waals surface area (Å²) in [6, 6.07) is 3.40. The van der Waals surface area contributed by atoms with Gasteiger partial charge in [0, 0.05) is 18.0 Å². The molecule has 6 heteroatoms. The van der Waals surface area contributed by atoms with Gasteiger partial charge in [0.15, 0.2) is 0 Å². The van der Waals surface area contributed by atoms with Gasteiger partial charge in [-0.2, -0.15) is 11.8 Å². The summed E-state index contributed by atoms with van der Waals surface area (Å²) in [7, 11) is 0. The highest BCUT2D eigenvalue weighted by atomic mass is 32.2. The van der Waals surface area contributed by atoms with Crippen LogP contribution in [0.5, 0.6) is 5.88 Å². The highest BCUT2D eigenvalue weighted by Gasteiger charge is 2.21. The van der Waals surface area contributed by atoms with E-state index in [1.165, 1.54) is 6.20 Å². The zero-order valence-electron chi connectivity index (χ0n) is 11.8. The fourth-order valence-electron chi connectivity index (χ4n) is 1.78. The van der Waals surface area contributed by atoms with E-state index >= 15 is 0 Å². The standard InChI is InChI=1S/C14H20N2O3S/c1-14(2,9-17)16-13(18)10-3-4-12(15-7-10)19-11-5-6-20-8-11/h3-4,7,11,17H,5-6,8-9H2,1-2H3,(H,16,18)/t11-/m0/s1. The highest BCUT2D eigenvalue weighted by Crippen LogP contribution is 2.22. The van der Waals surface area contributed by atoms with Crippen molar-refractivity contribution in [2.45, 2.75) is 31.9 Å². The quantitative estimate of drug-likeness (QED) is 0.861. The van der Waals surface area contributed by atoms with E-state index in [2.05, 4.69) is 10.3 Å². The third kappa shape index (κ3) is 4.11. The Morgan fingerprint density at radius 2 is 2.40 bits per heavy atom. The molecular weight excluding hydrogens is 276 g/mol. The lowest BCUT2D eigenvalue weighted by atomic mass is 10.1. The lowest BCUT2D eigenvalue weighted by Gasteiger charge is -2.23. The van der Waals surface area contributed by atoms with Gasteiger partial charge in [-0.15, -0.1) is 0 Å². The van der Waals surface area contributed by atoms with Crippen molar-refractivity contribution in [1.29, 1.82) is 0 Å². The number of carbonyl (C=O) groups excluding carboxylic acids is 1. The lowest BCUT2D eigenvalue weighted by molar-refractivity contribution is 0.0869. The van der Waals surface area contributed by atoms with Gasteiger partial charge in [0.2, 0.25) is 5.88 Å². The Labute approximate surface area is 123 Å². The molecule has 1 atom stereocenters. The normalized spacial score (nSPS) is 18.9. The molecular formula is C14H20N2O3S. The Kier molecular flexibility index (Phi) is 4.88. The fourth-order valence-corrected chi connectivity index (χ4v) is 2.87. The van der Waals surface area contributed by atoms with Crippen molar-refractivity contribution in [3.05, 3.63) is 23.9 Å². The summed E-state index contributed by atoms with van der Waals surface area (Å²) in [6.45, 7) is 3.40. The van der Waals surface area contributed by atoms with Crippen molar-refractivity contribution >= 4 is 17.7 Å². The van der Waals surface area contributed by atoms with Crippen LogP contribution in [0.3, 0.4) is 0 Å². The van der Waals surface area contributed by atoms with Crippen LogP contribution < -0.4 is 10.1 Å². The minimum absolute atomic E-state index is 0.118. The maximum absolute atomic E-state index is 12.0. The maximum Gasteiger partial charge on any atom is 0.253 e. The van der Waals surface area contributed by atoms with Crippen molar-refractivity contribution < 1.29 is 14.6 Å². The number of pyridine rings is 1. The van der Waals surface area contributed by atoms with Crippen LogP contribution in [-0.2, 0) is 0 Å². The van der Waals surface area contributed by atoms with Gasteiger partial charge in [-0.05, 0) is 32.1 Å². The third-order valence-corrected chi connectivity index (χ3v) is 4.15. The van der Waals surface area contributed by atoms with E-state index in [-0.39, 0.29) is 18.6 Å². The first kappa shape index (κ1) is 15.1. The van der Waals surface area contributed by atoms with Crippen molar-refractivity contribution in [1.82, 2.24) is 10.3 Å². The van der Waals surface area contributed by atoms with Crippen LogP contribution in [0, 0.1) is 0 Å². The molecule has 2 heterocycles. The summed E-state index contributed by atoms with van der Waals surface area (Å²) in [5.41, 5.74) is -0.187. The van der Waals surface area contributed by atoms with Crippen molar-refractivity contribution in [3.8, 4) is 5.88 Å². The first-order chi connectivity index (χ1) is 9.50. The summed E-state index contributed by atoms with van der Waals surface area (Å²) < 4.78 is 5.73. The molecule has 0 spiro atoms. The SMILES string of the molecule is CC(C)(CO)NC(=O)c1ccc(O[C@H]2CCSC2)nc1. The average Bonchev–Trinajstić information content (AvgIpc) is 2.92. The number of thioether (sulfide) groups is 1. The molecule has 2 rings (SSSR count). The van der Waals surface area contributed by atoms with Crippen LogP contribution in [0.2, 0.25) is 0 Å². The van der Waals surface area contributed by atoms with Gasteiger partial charge in [0.25, 0.3) is 5.91 Å². The number of carbonyl (C=O) groups is 1. The number of rotatable bonds is 5. The molecule has 2 N–H and O–H groups in total. The minimum Gasteiger partial charge on any atom is -0.473 e. The molecule has 1 fully saturated rings. The smallest absolute Gasteiger partial charge is 0.253 e. The number of nitrogens with one attached hydrogen (secondary N) is 1. The van der Waals surface area contributed by atoms with Crippen LogP contribution in [0.15, 0.2) is 18.3 Å². The molecule has 0 radical (unpaired) electrons. The van der Waals surface area contributed by atoms with Crippen LogP contribution in [0.1, 0.15) is 30.6 Å². The van der Waals surface area contributed by atoms with E-state index in [4.69, 9.17) is 9.84 Å². The van der Waals surface area contributed by atoms with Crippen LogP contribution in [0.4, 0.5) is 0 Å². The molecule has 1 aromatic rings. The van der Waals surface area contributed by atoms with Gasteiger partial charge in [0.05, 0.1) is 17.7 Å². The second kappa shape index (κ2) is 6.45. The molecule has 0 saturated carbocycles. The number of aliphatic hydroxyl groups is 1. The monoisotopic (exact) mass is 296 g/mol. The number of amides is 1. The van der Waals surface area contributed by atoms with Crippen molar-refractivity contribution in [2.75, 3.05) is 18.1 Å². The first-order valence-corrected chi connectivity index (χ1v) is 7.79. The zero-order chi connectivity index (χ0) is 14.6. The van der Waals surface area contributed by atoms with E-state index in [1.54, 1.807) is 26.0 Å². The summed E-state index contributed by atoms with van der Waals surface area (Å²) in [6.07, 6.45) is 2.76. The molecule has 1 aromatic heterocycles. The fraction of sp³-hybridized carbons (Fsp3) is 0.571. The predicted octanol–water partition coefficient (Wildman–Crippen LogP) is 1.47. The van der Waals surface area contributed by atoms with E-state index in [0.717, 1.165) is 17.9 Å². The second-order valence-electron chi connectivity index (χ2n) is 5.48. The Hall–Kier alpha value is -1.27. The van der Waals surface area contributed by atoms with E-state index in [0.29, 0.717) is 11.4 Å². The number of hydrogen-bond donors (Lipinski definition) is 2. The predicted molar refractivity (Wildman–Crippen MR) is 79.2 cm³/mol. The number of hydrogen-bond acceptors (Lipinski definition) is 5. The topological polar surface area (TPSA) is 71.5 Å². The Bertz CT molecular complexity index is 456. The van der Waals surface area contributed by atoms with Crippen LogP contribution >= 0.6 is 11.8 Å². The maximum atomic E-state index is 12.0. The Balaban J connectivity index is 1.95. The van der Waals surface area contributed by atoms with Gasteiger partial charge in [-0.1, -0.05) is 0 Å². The zero-order valence-corrected chi connectivity index (χ0v) is 12.6. The molecule has 0 aromatic carbocycles. The molecule has 110 valence electrons. The molecule has 5 nitrogen and oxygen atoms in total. The molecule has 0 aliphatic carbocycles. The van der Waals surface area contributed by atoms with Crippen molar-refractivity contribution in [3.63, 3.8) is 0 Å². The van der Waals surface area contributed by atoms with Gasteiger partial charge in [-0.25, -0.2) is 4.98 Å². The van der Waals surface area contributed by atoms with Gasteiger partial charge >= 0.3 is 0 Å². The largest absolute Gasteiger partial charge is 0.473 e. The van der Waals surface area contributed by atoms with E-state index in [9.17, 15) is 4.79 Å². The number of nitrogens with zero attached hydrogens (tertiary/aromatic N) is 1. The number of aliphatic hydroxyl groups excluding tert-OH is 1. The third-order valence-electron chi connectivity index (χ3n) is 3.02. The van der Waals surface area contributed by atoms with Gasteiger partial charge < -0.3 is 15.2 Å². The molecule has 1 amide bonds. The van der Waals surface area contributed by atoms with Crippen LogP contribution in [0.25, 0.3) is 0 Å². The summed E-state index contributed by atoms with van der Waals surface area (Å²) in [4.78, 5) is 16.1. The summed E-state index contributed by atoms with van der Waals surface area (Å²) in [5.74, 6) is 2.42. The molecule has 20 heavy (non-hydrogen) atoms. The lowest BCUT2D eigenvalue weighted by Crippen LogP contribution is -2.46.